The van der Waals surface area contributed by atoms with Gasteiger partial charge in [0.2, 0.25) is 5.91 Å². The fraction of sp³-hybridized carbons (Fsp3) is 0.385. The summed E-state index contributed by atoms with van der Waals surface area (Å²) in [6.45, 7) is 5.87. The van der Waals surface area contributed by atoms with Gasteiger partial charge in [-0.3, -0.25) is 4.79 Å². The molecule has 0 aliphatic rings. The predicted octanol–water partition coefficient (Wildman–Crippen LogP) is 2.26. The van der Waals surface area contributed by atoms with E-state index in [1.165, 1.54) is 0 Å². The minimum atomic E-state index is -0.444. The summed E-state index contributed by atoms with van der Waals surface area (Å²) in [7, 11) is 0. The van der Waals surface area contributed by atoms with E-state index in [0.29, 0.717) is 0 Å². The number of carbonyl (C=O) groups excluding carboxylic acids is 1. The van der Waals surface area contributed by atoms with Crippen LogP contribution in [0.15, 0.2) is 24.3 Å². The zero-order valence-corrected chi connectivity index (χ0v) is 9.87. The fourth-order valence-corrected chi connectivity index (χ4v) is 1.57. The number of aryl methyl sites for hydroxylation is 1. The van der Waals surface area contributed by atoms with E-state index >= 15 is 0 Å². The predicted molar refractivity (Wildman–Crippen MR) is 62.6 cm³/mol. The summed E-state index contributed by atoms with van der Waals surface area (Å²) in [5.74, 6) is -0.242. The van der Waals surface area contributed by atoms with Gasteiger partial charge < -0.3 is 5.32 Å². The van der Waals surface area contributed by atoms with Crippen LogP contribution >= 0.6 is 0 Å². The molecule has 0 saturated carbocycles. The molecule has 1 rings (SSSR count). The molecular formula is C13H16N2O. The number of nitrogens with zero attached hydrogens (tertiary/aromatic N) is 1. The molecule has 0 fully saturated rings. The lowest BCUT2D eigenvalue weighted by Crippen LogP contribution is -2.40. The molecule has 0 aromatic heterocycles. The van der Waals surface area contributed by atoms with Gasteiger partial charge in [0.1, 0.15) is 6.42 Å². The normalized spacial score (nSPS) is 10.6. The quantitative estimate of drug-likeness (QED) is 0.842. The van der Waals surface area contributed by atoms with Crippen LogP contribution < -0.4 is 5.32 Å². The second-order valence-electron chi connectivity index (χ2n) is 4.38. The van der Waals surface area contributed by atoms with E-state index in [1.807, 2.05) is 51.1 Å². The number of nitrogens with one attached hydrogen (secondary N) is 1. The van der Waals surface area contributed by atoms with Gasteiger partial charge in [0.05, 0.1) is 11.6 Å². The highest BCUT2D eigenvalue weighted by Gasteiger charge is 2.22. The first-order valence-corrected chi connectivity index (χ1v) is 5.21. The molecule has 0 radical (unpaired) electrons. The van der Waals surface area contributed by atoms with Gasteiger partial charge in [0.25, 0.3) is 0 Å². The van der Waals surface area contributed by atoms with E-state index < -0.39 is 5.54 Å². The van der Waals surface area contributed by atoms with E-state index in [4.69, 9.17) is 5.26 Å². The molecule has 3 nitrogen and oxygen atoms in total. The monoisotopic (exact) mass is 216 g/mol. The Kier molecular flexibility index (Phi) is 3.68. The second-order valence-corrected chi connectivity index (χ2v) is 4.38. The van der Waals surface area contributed by atoms with Gasteiger partial charge in [0.15, 0.2) is 0 Å². The molecule has 1 N–H and O–H groups in total. The van der Waals surface area contributed by atoms with Crippen molar-refractivity contribution in [1.29, 1.82) is 5.26 Å². The Labute approximate surface area is 96.1 Å². The lowest BCUT2D eigenvalue weighted by Gasteiger charge is -2.26. The molecule has 0 aliphatic heterocycles. The maximum atomic E-state index is 11.4. The molecule has 0 bridgehead atoms. The zero-order valence-electron chi connectivity index (χ0n) is 9.87. The van der Waals surface area contributed by atoms with Crippen molar-refractivity contribution in [2.45, 2.75) is 32.7 Å². The van der Waals surface area contributed by atoms with Crippen molar-refractivity contribution in [2.75, 3.05) is 0 Å². The summed E-state index contributed by atoms with van der Waals surface area (Å²) < 4.78 is 0. The largest absolute Gasteiger partial charge is 0.346 e. The highest BCUT2D eigenvalue weighted by molar-refractivity contribution is 5.78. The average molecular weight is 216 g/mol. The van der Waals surface area contributed by atoms with Crippen LogP contribution in [0.4, 0.5) is 0 Å². The molecule has 1 amide bonds. The number of carbonyl (C=O) groups is 1. The molecule has 0 aliphatic carbocycles. The third-order valence-electron chi connectivity index (χ3n) is 2.43. The second kappa shape index (κ2) is 4.80. The first kappa shape index (κ1) is 12.3. The maximum absolute atomic E-state index is 11.4. The standard InChI is InChI=1S/C13H16N2O/c1-10-5-4-6-11(9-10)13(2,3)15-12(16)7-8-14/h4-6,9H,7H2,1-3H3,(H,15,16). The van der Waals surface area contributed by atoms with Crippen molar-refractivity contribution in [1.82, 2.24) is 5.32 Å². The topological polar surface area (TPSA) is 52.9 Å². The fourth-order valence-electron chi connectivity index (χ4n) is 1.57. The van der Waals surface area contributed by atoms with Gasteiger partial charge in [-0.05, 0) is 26.3 Å². The van der Waals surface area contributed by atoms with Crippen LogP contribution in [0.1, 0.15) is 31.4 Å². The number of nitriles is 1. The molecule has 0 spiro atoms. The van der Waals surface area contributed by atoms with E-state index in [2.05, 4.69) is 5.32 Å². The van der Waals surface area contributed by atoms with Crippen LogP contribution in [-0.4, -0.2) is 5.91 Å². The first-order chi connectivity index (χ1) is 7.45. The van der Waals surface area contributed by atoms with Crippen molar-refractivity contribution in [3.05, 3.63) is 35.4 Å². The van der Waals surface area contributed by atoms with Crippen LogP contribution in [0, 0.1) is 18.3 Å². The number of hydrogen-bond acceptors (Lipinski definition) is 2. The van der Waals surface area contributed by atoms with Crippen molar-refractivity contribution in [3.8, 4) is 6.07 Å². The minimum Gasteiger partial charge on any atom is -0.346 e. The van der Waals surface area contributed by atoms with Crippen molar-refractivity contribution >= 4 is 5.91 Å². The third kappa shape index (κ3) is 3.09. The molecule has 0 unspecified atom stereocenters. The van der Waals surface area contributed by atoms with Gasteiger partial charge in [-0.2, -0.15) is 5.26 Å². The summed E-state index contributed by atoms with van der Waals surface area (Å²) in [5, 5.41) is 11.3. The number of hydrogen-bond donors (Lipinski definition) is 1. The molecule has 1 aromatic rings. The lowest BCUT2D eigenvalue weighted by atomic mass is 9.93. The Hall–Kier alpha value is -1.82. The maximum Gasteiger partial charge on any atom is 0.234 e. The van der Waals surface area contributed by atoms with Gasteiger partial charge in [-0.25, -0.2) is 0 Å². The highest BCUT2D eigenvalue weighted by atomic mass is 16.1. The molecule has 84 valence electrons. The van der Waals surface area contributed by atoms with E-state index in [0.717, 1.165) is 11.1 Å². The van der Waals surface area contributed by atoms with E-state index in [9.17, 15) is 4.79 Å². The Morgan fingerprint density at radius 1 is 1.50 bits per heavy atom. The summed E-state index contributed by atoms with van der Waals surface area (Å²) in [4.78, 5) is 11.4. The van der Waals surface area contributed by atoms with Crippen LogP contribution in [-0.2, 0) is 10.3 Å². The van der Waals surface area contributed by atoms with Crippen LogP contribution in [0.3, 0.4) is 0 Å². The Balaban J connectivity index is 2.86. The van der Waals surface area contributed by atoms with Crippen molar-refractivity contribution in [3.63, 3.8) is 0 Å². The summed E-state index contributed by atoms with van der Waals surface area (Å²) in [6.07, 6.45) is -0.102. The van der Waals surface area contributed by atoms with Gasteiger partial charge in [-0.1, -0.05) is 29.8 Å². The Bertz CT molecular complexity index is 430. The SMILES string of the molecule is Cc1cccc(C(C)(C)NC(=O)CC#N)c1. The number of rotatable bonds is 3. The van der Waals surface area contributed by atoms with Crippen LogP contribution in [0.2, 0.25) is 0 Å². The summed E-state index contributed by atoms with van der Waals surface area (Å²) in [6, 6.07) is 9.82. The van der Waals surface area contributed by atoms with Crippen molar-refractivity contribution < 1.29 is 4.79 Å². The summed E-state index contributed by atoms with van der Waals surface area (Å²) in [5.41, 5.74) is 1.75. The smallest absolute Gasteiger partial charge is 0.234 e. The summed E-state index contributed by atoms with van der Waals surface area (Å²) >= 11 is 0. The number of benzene rings is 1. The van der Waals surface area contributed by atoms with Gasteiger partial charge in [0, 0.05) is 0 Å². The molecule has 16 heavy (non-hydrogen) atoms. The minimum absolute atomic E-state index is 0.102. The van der Waals surface area contributed by atoms with Crippen molar-refractivity contribution in [2.24, 2.45) is 0 Å². The molecule has 0 heterocycles. The lowest BCUT2D eigenvalue weighted by molar-refractivity contribution is -0.121. The average Bonchev–Trinajstić information content (AvgIpc) is 2.17. The first-order valence-electron chi connectivity index (χ1n) is 5.21. The third-order valence-corrected chi connectivity index (χ3v) is 2.43. The van der Waals surface area contributed by atoms with Crippen LogP contribution in [0.5, 0.6) is 0 Å². The van der Waals surface area contributed by atoms with Gasteiger partial charge in [-0.15, -0.1) is 0 Å². The molecular weight excluding hydrogens is 200 g/mol. The van der Waals surface area contributed by atoms with Crippen LogP contribution in [0.25, 0.3) is 0 Å². The molecule has 0 saturated heterocycles. The van der Waals surface area contributed by atoms with E-state index in [-0.39, 0.29) is 12.3 Å². The van der Waals surface area contributed by atoms with Gasteiger partial charge >= 0.3 is 0 Å². The zero-order chi connectivity index (χ0) is 12.2. The Morgan fingerprint density at radius 2 is 2.19 bits per heavy atom. The number of amides is 1. The molecule has 1 aromatic carbocycles. The molecule has 0 atom stereocenters. The molecule has 3 heteroatoms. The Morgan fingerprint density at radius 3 is 2.75 bits per heavy atom. The highest BCUT2D eigenvalue weighted by Crippen LogP contribution is 2.20. The van der Waals surface area contributed by atoms with E-state index in [1.54, 1.807) is 0 Å².